The normalized spacial score (nSPS) is 24.1. The second-order valence-electron chi connectivity index (χ2n) is 3.45. The average Bonchev–Trinajstić information content (AvgIpc) is 2.66. The largest absolute Gasteiger partial charge is 0.324 e. The Kier molecular flexibility index (Phi) is 2.73. The van der Waals surface area contributed by atoms with Crippen LogP contribution < -0.4 is 11.1 Å². The second kappa shape index (κ2) is 4.18. The summed E-state index contributed by atoms with van der Waals surface area (Å²) in [6.07, 6.45) is 7.48. The number of amides is 1. The molecule has 2 unspecified atom stereocenters. The zero-order chi connectivity index (χ0) is 10.7. The van der Waals surface area contributed by atoms with Gasteiger partial charge in [0.05, 0.1) is 5.92 Å². The van der Waals surface area contributed by atoms with Crippen LogP contribution in [0, 0.1) is 5.92 Å². The quantitative estimate of drug-likeness (QED) is 0.680. The maximum Gasteiger partial charge on any atom is 0.233 e. The molecule has 78 valence electrons. The lowest BCUT2D eigenvalue weighted by atomic mass is 10.1. The third kappa shape index (κ3) is 2.38. The van der Waals surface area contributed by atoms with Crippen molar-refractivity contribution in [2.45, 2.75) is 12.5 Å². The van der Waals surface area contributed by atoms with Crippen molar-refractivity contribution < 1.29 is 4.79 Å². The summed E-state index contributed by atoms with van der Waals surface area (Å²) >= 11 is 0. The molecule has 0 spiro atoms. The zero-order valence-electron chi connectivity index (χ0n) is 8.13. The summed E-state index contributed by atoms with van der Waals surface area (Å²) in [6.45, 7) is 0. The first kappa shape index (κ1) is 9.79. The first-order valence-corrected chi connectivity index (χ1v) is 4.77. The van der Waals surface area contributed by atoms with Crippen LogP contribution in [0.5, 0.6) is 0 Å². The standard InChI is InChI=1S/C10H12N4O/c11-8-3-2-7(6-8)9(15)14-10-12-4-1-5-13-10/h1-5,7-8H,6,11H2,(H,12,13,14,15). The lowest BCUT2D eigenvalue weighted by Gasteiger charge is -2.08. The van der Waals surface area contributed by atoms with Crippen molar-refractivity contribution in [3.63, 3.8) is 0 Å². The molecule has 0 saturated heterocycles. The van der Waals surface area contributed by atoms with Gasteiger partial charge in [-0.25, -0.2) is 9.97 Å². The van der Waals surface area contributed by atoms with Crippen molar-refractivity contribution in [2.75, 3.05) is 5.32 Å². The van der Waals surface area contributed by atoms with Gasteiger partial charge in [0, 0.05) is 18.4 Å². The number of nitrogens with two attached hydrogens (primary N) is 1. The van der Waals surface area contributed by atoms with E-state index >= 15 is 0 Å². The van der Waals surface area contributed by atoms with Crippen LogP contribution in [0.2, 0.25) is 0 Å². The molecule has 0 aliphatic heterocycles. The molecule has 0 radical (unpaired) electrons. The predicted octanol–water partition coefficient (Wildman–Crippen LogP) is 0.318. The van der Waals surface area contributed by atoms with Gasteiger partial charge < -0.3 is 5.73 Å². The number of nitrogens with zero attached hydrogens (tertiary/aromatic N) is 2. The molecule has 1 aliphatic carbocycles. The fourth-order valence-electron chi connectivity index (χ4n) is 1.49. The number of hydrogen-bond donors (Lipinski definition) is 2. The molecule has 1 amide bonds. The number of hydrogen-bond acceptors (Lipinski definition) is 4. The van der Waals surface area contributed by atoms with Gasteiger partial charge >= 0.3 is 0 Å². The van der Waals surface area contributed by atoms with Gasteiger partial charge in [-0.2, -0.15) is 0 Å². The van der Waals surface area contributed by atoms with E-state index < -0.39 is 0 Å². The monoisotopic (exact) mass is 204 g/mol. The highest BCUT2D eigenvalue weighted by atomic mass is 16.2. The number of rotatable bonds is 2. The Morgan fingerprint density at radius 2 is 2.13 bits per heavy atom. The van der Waals surface area contributed by atoms with E-state index in [9.17, 15) is 4.79 Å². The molecular weight excluding hydrogens is 192 g/mol. The summed E-state index contributed by atoms with van der Waals surface area (Å²) in [4.78, 5) is 19.5. The molecule has 2 rings (SSSR count). The van der Waals surface area contributed by atoms with Crippen molar-refractivity contribution >= 4 is 11.9 Å². The molecule has 15 heavy (non-hydrogen) atoms. The van der Waals surface area contributed by atoms with Crippen LogP contribution in [0.25, 0.3) is 0 Å². The van der Waals surface area contributed by atoms with Crippen molar-refractivity contribution in [3.05, 3.63) is 30.6 Å². The van der Waals surface area contributed by atoms with Gasteiger partial charge in [-0.3, -0.25) is 10.1 Å². The molecule has 2 atom stereocenters. The maximum absolute atomic E-state index is 11.7. The van der Waals surface area contributed by atoms with Crippen LogP contribution in [-0.2, 0) is 4.79 Å². The third-order valence-electron chi connectivity index (χ3n) is 2.25. The summed E-state index contributed by atoms with van der Waals surface area (Å²) < 4.78 is 0. The van der Waals surface area contributed by atoms with Crippen molar-refractivity contribution in [3.8, 4) is 0 Å². The highest BCUT2D eigenvalue weighted by Gasteiger charge is 2.22. The highest BCUT2D eigenvalue weighted by molar-refractivity contribution is 5.92. The number of anilines is 1. The Hall–Kier alpha value is -1.75. The van der Waals surface area contributed by atoms with E-state index in [0.29, 0.717) is 12.4 Å². The summed E-state index contributed by atoms with van der Waals surface area (Å²) in [5.41, 5.74) is 5.66. The number of nitrogens with one attached hydrogen (secondary N) is 1. The van der Waals surface area contributed by atoms with Crippen LogP contribution in [0.1, 0.15) is 6.42 Å². The van der Waals surface area contributed by atoms with Crippen molar-refractivity contribution in [2.24, 2.45) is 11.7 Å². The Balaban J connectivity index is 1.96. The minimum Gasteiger partial charge on any atom is -0.324 e. The molecule has 0 aromatic carbocycles. The molecule has 1 heterocycles. The van der Waals surface area contributed by atoms with E-state index in [1.54, 1.807) is 18.5 Å². The summed E-state index contributed by atoms with van der Waals surface area (Å²) in [5, 5.41) is 2.64. The Labute approximate surface area is 87.4 Å². The van der Waals surface area contributed by atoms with Crippen LogP contribution in [0.15, 0.2) is 30.6 Å². The average molecular weight is 204 g/mol. The molecule has 1 aromatic rings. The van der Waals surface area contributed by atoms with Crippen LogP contribution in [0.3, 0.4) is 0 Å². The number of carbonyl (C=O) groups excluding carboxylic acids is 1. The topological polar surface area (TPSA) is 80.9 Å². The molecule has 5 nitrogen and oxygen atoms in total. The van der Waals surface area contributed by atoms with E-state index in [0.717, 1.165) is 0 Å². The molecule has 0 saturated carbocycles. The molecule has 5 heteroatoms. The van der Waals surface area contributed by atoms with Gasteiger partial charge in [-0.1, -0.05) is 12.2 Å². The highest BCUT2D eigenvalue weighted by Crippen LogP contribution is 2.17. The summed E-state index contributed by atoms with van der Waals surface area (Å²) in [7, 11) is 0. The van der Waals surface area contributed by atoms with Crippen LogP contribution >= 0.6 is 0 Å². The van der Waals surface area contributed by atoms with E-state index in [1.165, 1.54) is 0 Å². The SMILES string of the molecule is NC1C=CC(C(=O)Nc2ncccn2)C1. The van der Waals surface area contributed by atoms with Gasteiger partial charge in [0.15, 0.2) is 0 Å². The first-order valence-electron chi connectivity index (χ1n) is 4.77. The second-order valence-corrected chi connectivity index (χ2v) is 3.45. The van der Waals surface area contributed by atoms with Gasteiger partial charge in [0.2, 0.25) is 11.9 Å². The summed E-state index contributed by atoms with van der Waals surface area (Å²) in [6, 6.07) is 1.68. The Morgan fingerprint density at radius 1 is 1.40 bits per heavy atom. The lowest BCUT2D eigenvalue weighted by molar-refractivity contribution is -0.118. The zero-order valence-corrected chi connectivity index (χ0v) is 8.13. The minimum atomic E-state index is -0.163. The van der Waals surface area contributed by atoms with E-state index in [-0.39, 0.29) is 17.9 Å². The molecule has 0 bridgehead atoms. The summed E-state index contributed by atoms with van der Waals surface area (Å²) in [5.74, 6) is 0.0607. The number of aromatic nitrogens is 2. The molecule has 3 N–H and O–H groups in total. The molecule has 1 aromatic heterocycles. The number of carbonyl (C=O) groups is 1. The van der Waals surface area contributed by atoms with E-state index in [2.05, 4.69) is 15.3 Å². The Bertz CT molecular complexity index is 376. The van der Waals surface area contributed by atoms with Gasteiger partial charge in [-0.15, -0.1) is 0 Å². The van der Waals surface area contributed by atoms with Crippen molar-refractivity contribution in [1.82, 2.24) is 9.97 Å². The predicted molar refractivity (Wildman–Crippen MR) is 55.9 cm³/mol. The lowest BCUT2D eigenvalue weighted by Crippen LogP contribution is -2.24. The Morgan fingerprint density at radius 3 is 2.73 bits per heavy atom. The smallest absolute Gasteiger partial charge is 0.233 e. The van der Waals surface area contributed by atoms with Crippen molar-refractivity contribution in [1.29, 1.82) is 0 Å². The van der Waals surface area contributed by atoms with E-state index in [4.69, 9.17) is 5.73 Å². The molecule has 0 fully saturated rings. The van der Waals surface area contributed by atoms with E-state index in [1.807, 2.05) is 12.2 Å². The fourth-order valence-corrected chi connectivity index (χ4v) is 1.49. The fraction of sp³-hybridized carbons (Fsp3) is 0.300. The van der Waals surface area contributed by atoms with Crippen LogP contribution in [0.4, 0.5) is 5.95 Å². The van der Waals surface area contributed by atoms with Gasteiger partial charge in [0.25, 0.3) is 0 Å². The first-order chi connectivity index (χ1) is 7.25. The third-order valence-corrected chi connectivity index (χ3v) is 2.25. The van der Waals surface area contributed by atoms with Crippen LogP contribution in [-0.4, -0.2) is 21.9 Å². The minimum absolute atomic E-state index is 0.0163. The van der Waals surface area contributed by atoms with Gasteiger partial charge in [0.1, 0.15) is 0 Å². The van der Waals surface area contributed by atoms with Gasteiger partial charge in [-0.05, 0) is 12.5 Å². The molecular formula is C10H12N4O. The molecule has 1 aliphatic rings. The maximum atomic E-state index is 11.7.